The van der Waals surface area contributed by atoms with Crippen molar-refractivity contribution in [3.05, 3.63) is 65.7 Å². The molecular formula is C21H25NO3S. The average molecular weight is 372 g/mol. The summed E-state index contributed by atoms with van der Waals surface area (Å²) in [6.45, 7) is 1.93. The van der Waals surface area contributed by atoms with Gasteiger partial charge in [-0.15, -0.1) is 0 Å². The summed E-state index contributed by atoms with van der Waals surface area (Å²) in [5.41, 5.74) is 1.52. The van der Waals surface area contributed by atoms with Gasteiger partial charge in [0, 0.05) is 6.26 Å². The van der Waals surface area contributed by atoms with E-state index in [1.54, 1.807) is 24.3 Å². The van der Waals surface area contributed by atoms with Gasteiger partial charge in [-0.05, 0) is 43.0 Å². The third-order valence-corrected chi connectivity index (χ3v) is 6.50. The molecule has 0 radical (unpaired) electrons. The normalized spacial score (nSPS) is 17.6. The molecule has 0 saturated heterocycles. The van der Waals surface area contributed by atoms with Gasteiger partial charge in [0.15, 0.2) is 9.84 Å². The standard InChI is InChI=1S/C21H25NO3S/c1-16(17-10-12-19(13-11-17)26(2,24)25)22-20(23)21(14-6-7-15-21)18-8-4-3-5-9-18/h3-5,8-13,16H,6-7,14-15H2,1-2H3,(H,22,23)/t16-/m1/s1. The van der Waals surface area contributed by atoms with E-state index in [4.69, 9.17) is 0 Å². The van der Waals surface area contributed by atoms with Crippen LogP contribution < -0.4 is 5.32 Å². The molecule has 0 unspecified atom stereocenters. The second kappa shape index (κ2) is 7.23. The SMILES string of the molecule is C[C@@H](NC(=O)C1(c2ccccc2)CCCC1)c1ccc(S(C)(=O)=O)cc1. The van der Waals surface area contributed by atoms with Crippen LogP contribution in [0.5, 0.6) is 0 Å². The van der Waals surface area contributed by atoms with Crippen molar-refractivity contribution in [2.45, 2.75) is 49.0 Å². The molecule has 0 spiro atoms. The molecule has 0 aromatic heterocycles. The molecule has 1 saturated carbocycles. The van der Waals surface area contributed by atoms with Crippen molar-refractivity contribution in [1.82, 2.24) is 5.32 Å². The minimum absolute atomic E-state index is 0.0564. The number of benzene rings is 2. The van der Waals surface area contributed by atoms with Crippen LogP contribution in [0.15, 0.2) is 59.5 Å². The molecule has 1 aliphatic rings. The Morgan fingerprint density at radius 1 is 1.00 bits per heavy atom. The van der Waals surface area contributed by atoms with E-state index in [9.17, 15) is 13.2 Å². The van der Waals surface area contributed by atoms with Gasteiger partial charge in [0.2, 0.25) is 5.91 Å². The van der Waals surface area contributed by atoms with Crippen LogP contribution in [-0.4, -0.2) is 20.6 Å². The van der Waals surface area contributed by atoms with E-state index < -0.39 is 15.3 Å². The number of sulfone groups is 1. The molecule has 1 amide bonds. The van der Waals surface area contributed by atoms with E-state index >= 15 is 0 Å². The largest absolute Gasteiger partial charge is 0.349 e. The van der Waals surface area contributed by atoms with E-state index in [2.05, 4.69) is 5.32 Å². The molecule has 0 bridgehead atoms. The fourth-order valence-electron chi connectivity index (χ4n) is 3.80. The zero-order valence-corrected chi connectivity index (χ0v) is 16.1. The molecule has 0 aliphatic heterocycles. The molecule has 2 aromatic carbocycles. The Kier molecular flexibility index (Phi) is 5.19. The second-order valence-corrected chi connectivity index (χ2v) is 9.21. The highest BCUT2D eigenvalue weighted by Gasteiger charge is 2.42. The van der Waals surface area contributed by atoms with Crippen LogP contribution in [0.3, 0.4) is 0 Å². The van der Waals surface area contributed by atoms with Crippen LogP contribution in [0, 0.1) is 0 Å². The van der Waals surface area contributed by atoms with E-state index in [1.165, 1.54) is 6.26 Å². The topological polar surface area (TPSA) is 63.2 Å². The summed E-state index contributed by atoms with van der Waals surface area (Å²) in [6.07, 6.45) is 5.03. The van der Waals surface area contributed by atoms with Gasteiger partial charge in [-0.1, -0.05) is 55.3 Å². The highest BCUT2D eigenvalue weighted by atomic mass is 32.2. The van der Waals surface area contributed by atoms with Crippen LogP contribution in [0.25, 0.3) is 0 Å². The monoisotopic (exact) mass is 371 g/mol. The highest BCUT2D eigenvalue weighted by Crippen LogP contribution is 2.41. The first-order valence-corrected chi connectivity index (χ1v) is 10.9. The number of hydrogen-bond donors (Lipinski definition) is 1. The number of amides is 1. The lowest BCUT2D eigenvalue weighted by atomic mass is 9.77. The quantitative estimate of drug-likeness (QED) is 0.870. The van der Waals surface area contributed by atoms with E-state index in [1.807, 2.05) is 37.3 Å². The first kappa shape index (κ1) is 18.6. The molecule has 1 aliphatic carbocycles. The lowest BCUT2D eigenvalue weighted by Gasteiger charge is -2.30. The molecular weight excluding hydrogens is 346 g/mol. The Morgan fingerprint density at radius 3 is 2.12 bits per heavy atom. The molecule has 0 heterocycles. The van der Waals surface area contributed by atoms with Crippen molar-refractivity contribution in [1.29, 1.82) is 0 Å². The fraction of sp³-hybridized carbons (Fsp3) is 0.381. The maximum atomic E-state index is 13.2. The Balaban J connectivity index is 1.80. The molecule has 2 aromatic rings. The van der Waals surface area contributed by atoms with Gasteiger partial charge in [0.25, 0.3) is 0 Å². The predicted molar refractivity (Wildman–Crippen MR) is 103 cm³/mol. The van der Waals surface area contributed by atoms with E-state index in [0.717, 1.165) is 36.8 Å². The number of hydrogen-bond acceptors (Lipinski definition) is 3. The van der Waals surface area contributed by atoms with Crippen molar-refractivity contribution >= 4 is 15.7 Å². The Labute approximate surface area is 155 Å². The molecule has 1 fully saturated rings. The predicted octanol–water partition coefficient (Wildman–Crippen LogP) is 3.78. The first-order valence-electron chi connectivity index (χ1n) is 8.99. The summed E-state index contributed by atoms with van der Waals surface area (Å²) in [7, 11) is -3.21. The van der Waals surface area contributed by atoms with Gasteiger partial charge >= 0.3 is 0 Å². The lowest BCUT2D eigenvalue weighted by molar-refractivity contribution is -0.127. The van der Waals surface area contributed by atoms with Crippen molar-refractivity contribution < 1.29 is 13.2 Å². The molecule has 4 nitrogen and oxygen atoms in total. The first-order chi connectivity index (χ1) is 12.3. The zero-order valence-electron chi connectivity index (χ0n) is 15.2. The molecule has 5 heteroatoms. The Morgan fingerprint density at radius 2 is 1.58 bits per heavy atom. The highest BCUT2D eigenvalue weighted by molar-refractivity contribution is 7.90. The number of carbonyl (C=O) groups excluding carboxylic acids is 1. The number of nitrogens with one attached hydrogen (secondary N) is 1. The zero-order chi connectivity index (χ0) is 18.8. The number of carbonyl (C=O) groups is 1. The fourth-order valence-corrected chi connectivity index (χ4v) is 4.43. The van der Waals surface area contributed by atoms with Crippen molar-refractivity contribution in [2.75, 3.05) is 6.26 Å². The van der Waals surface area contributed by atoms with Gasteiger partial charge in [-0.25, -0.2) is 8.42 Å². The second-order valence-electron chi connectivity index (χ2n) is 7.19. The van der Waals surface area contributed by atoms with Crippen LogP contribution >= 0.6 is 0 Å². The Bertz CT molecular complexity index is 867. The summed E-state index contributed by atoms with van der Waals surface area (Å²) in [4.78, 5) is 13.5. The minimum atomic E-state index is -3.21. The van der Waals surface area contributed by atoms with Crippen molar-refractivity contribution in [2.24, 2.45) is 0 Å². The van der Waals surface area contributed by atoms with Gasteiger partial charge in [-0.2, -0.15) is 0 Å². The van der Waals surface area contributed by atoms with Crippen LogP contribution in [-0.2, 0) is 20.0 Å². The van der Waals surface area contributed by atoms with E-state index in [-0.39, 0.29) is 16.8 Å². The molecule has 1 N–H and O–H groups in total. The van der Waals surface area contributed by atoms with Crippen molar-refractivity contribution in [3.8, 4) is 0 Å². The molecule has 138 valence electrons. The summed E-state index contributed by atoms with van der Waals surface area (Å²) < 4.78 is 23.2. The van der Waals surface area contributed by atoms with Gasteiger partial charge in [0.05, 0.1) is 16.4 Å². The summed E-state index contributed by atoms with van der Waals surface area (Å²) in [5, 5.41) is 3.15. The van der Waals surface area contributed by atoms with Crippen LogP contribution in [0.1, 0.15) is 49.8 Å². The molecule has 26 heavy (non-hydrogen) atoms. The minimum Gasteiger partial charge on any atom is -0.349 e. The van der Waals surface area contributed by atoms with Gasteiger partial charge in [0.1, 0.15) is 0 Å². The maximum Gasteiger partial charge on any atom is 0.231 e. The summed E-state index contributed by atoms with van der Waals surface area (Å²) >= 11 is 0. The lowest BCUT2D eigenvalue weighted by Crippen LogP contribution is -2.43. The Hall–Kier alpha value is -2.14. The summed E-state index contributed by atoms with van der Waals surface area (Å²) in [5.74, 6) is 0.0564. The van der Waals surface area contributed by atoms with E-state index in [0.29, 0.717) is 0 Å². The van der Waals surface area contributed by atoms with Crippen LogP contribution in [0.2, 0.25) is 0 Å². The third kappa shape index (κ3) is 3.68. The third-order valence-electron chi connectivity index (χ3n) is 5.37. The average Bonchev–Trinajstić information content (AvgIpc) is 3.13. The van der Waals surface area contributed by atoms with Crippen LogP contribution in [0.4, 0.5) is 0 Å². The van der Waals surface area contributed by atoms with Gasteiger partial charge in [-0.3, -0.25) is 4.79 Å². The smallest absolute Gasteiger partial charge is 0.231 e. The molecule has 1 atom stereocenters. The molecule has 3 rings (SSSR count). The maximum absolute atomic E-state index is 13.2. The van der Waals surface area contributed by atoms with Crippen molar-refractivity contribution in [3.63, 3.8) is 0 Å². The van der Waals surface area contributed by atoms with Gasteiger partial charge < -0.3 is 5.32 Å². The number of rotatable bonds is 5. The summed E-state index contributed by atoms with van der Waals surface area (Å²) in [6, 6.07) is 16.6.